The first-order chi connectivity index (χ1) is 8.47. The molecule has 2 amide bonds. The number of phenols is 2. The van der Waals surface area contributed by atoms with Crippen molar-refractivity contribution in [2.24, 2.45) is 5.73 Å². The third-order valence-electron chi connectivity index (χ3n) is 2.49. The minimum absolute atomic E-state index is 0.0997. The van der Waals surface area contributed by atoms with E-state index in [0.29, 0.717) is 12.8 Å². The topological polar surface area (TPSA) is 113 Å². The van der Waals surface area contributed by atoms with E-state index < -0.39 is 29.4 Å². The molecule has 0 saturated heterocycles. The van der Waals surface area contributed by atoms with E-state index in [-0.39, 0.29) is 5.56 Å². The highest BCUT2D eigenvalue weighted by atomic mass is 16.3. The average molecular weight is 252 g/mol. The molecule has 0 aliphatic carbocycles. The fourth-order valence-corrected chi connectivity index (χ4v) is 1.52. The summed E-state index contributed by atoms with van der Waals surface area (Å²) in [5, 5.41) is 21.2. The third kappa shape index (κ3) is 3.13. The van der Waals surface area contributed by atoms with Crippen LogP contribution in [-0.2, 0) is 4.79 Å². The second-order valence-electron chi connectivity index (χ2n) is 3.89. The summed E-state index contributed by atoms with van der Waals surface area (Å²) in [5.74, 6) is -2.20. The van der Waals surface area contributed by atoms with Gasteiger partial charge in [0.25, 0.3) is 5.91 Å². The van der Waals surface area contributed by atoms with Crippen molar-refractivity contribution in [2.75, 3.05) is 0 Å². The van der Waals surface area contributed by atoms with Crippen LogP contribution in [0, 0.1) is 0 Å². The summed E-state index contributed by atoms with van der Waals surface area (Å²) >= 11 is 0. The number of hydrogen-bond acceptors (Lipinski definition) is 4. The summed E-state index contributed by atoms with van der Waals surface area (Å²) in [6.07, 6.45) is 1.10. The number of primary amides is 1. The fourth-order valence-electron chi connectivity index (χ4n) is 1.52. The molecule has 0 heterocycles. The van der Waals surface area contributed by atoms with E-state index in [4.69, 9.17) is 5.73 Å². The Morgan fingerprint density at radius 2 is 2.06 bits per heavy atom. The number of aromatic hydroxyl groups is 2. The number of hydrogen-bond donors (Lipinski definition) is 4. The van der Waals surface area contributed by atoms with Crippen molar-refractivity contribution in [3.63, 3.8) is 0 Å². The predicted octanol–water partition coefficient (Wildman–Crippen LogP) is 0.482. The lowest BCUT2D eigenvalue weighted by Gasteiger charge is -2.15. The SMILES string of the molecule is CCC[C@H](NC(=O)c1cccc(O)c1O)C(N)=O. The van der Waals surface area contributed by atoms with Gasteiger partial charge in [-0.05, 0) is 18.6 Å². The van der Waals surface area contributed by atoms with E-state index in [1.807, 2.05) is 6.92 Å². The molecule has 0 bridgehead atoms. The van der Waals surface area contributed by atoms with E-state index in [1.165, 1.54) is 18.2 Å². The van der Waals surface area contributed by atoms with Crippen LogP contribution in [0.4, 0.5) is 0 Å². The molecule has 0 aliphatic rings. The Morgan fingerprint density at radius 3 is 2.61 bits per heavy atom. The molecular formula is C12H16N2O4. The van der Waals surface area contributed by atoms with Gasteiger partial charge in [-0.15, -0.1) is 0 Å². The van der Waals surface area contributed by atoms with Gasteiger partial charge in [0.15, 0.2) is 11.5 Å². The molecule has 0 aliphatic heterocycles. The maximum absolute atomic E-state index is 11.8. The second-order valence-corrected chi connectivity index (χ2v) is 3.89. The molecule has 0 fully saturated rings. The summed E-state index contributed by atoms with van der Waals surface area (Å²) in [6.45, 7) is 1.86. The Morgan fingerprint density at radius 1 is 1.39 bits per heavy atom. The smallest absolute Gasteiger partial charge is 0.255 e. The van der Waals surface area contributed by atoms with Crippen LogP contribution in [0.3, 0.4) is 0 Å². The molecule has 6 nitrogen and oxygen atoms in total. The average Bonchev–Trinajstić information content (AvgIpc) is 2.31. The summed E-state index contributed by atoms with van der Waals surface area (Å²) in [6, 6.07) is 3.23. The Bertz CT molecular complexity index is 459. The molecule has 1 aromatic carbocycles. The molecule has 98 valence electrons. The summed E-state index contributed by atoms with van der Waals surface area (Å²) in [7, 11) is 0. The molecular weight excluding hydrogens is 236 g/mol. The Balaban J connectivity index is 2.87. The van der Waals surface area contributed by atoms with Crippen molar-refractivity contribution < 1.29 is 19.8 Å². The lowest BCUT2D eigenvalue weighted by Crippen LogP contribution is -2.44. The first kappa shape index (κ1) is 13.8. The van der Waals surface area contributed by atoms with Crippen LogP contribution in [0.1, 0.15) is 30.1 Å². The number of carbonyl (C=O) groups is 2. The van der Waals surface area contributed by atoms with Gasteiger partial charge in [0.05, 0.1) is 5.56 Å². The number of rotatable bonds is 5. The zero-order chi connectivity index (χ0) is 13.7. The molecule has 0 unspecified atom stereocenters. The van der Waals surface area contributed by atoms with Crippen LogP contribution in [0.15, 0.2) is 18.2 Å². The van der Waals surface area contributed by atoms with Gasteiger partial charge in [-0.25, -0.2) is 0 Å². The summed E-state index contributed by atoms with van der Waals surface area (Å²) < 4.78 is 0. The molecule has 1 atom stereocenters. The molecule has 6 heteroatoms. The normalized spacial score (nSPS) is 11.8. The van der Waals surface area contributed by atoms with Crippen LogP contribution in [0.25, 0.3) is 0 Å². The lowest BCUT2D eigenvalue weighted by molar-refractivity contribution is -0.120. The van der Waals surface area contributed by atoms with E-state index >= 15 is 0 Å². The van der Waals surface area contributed by atoms with Crippen molar-refractivity contribution in [3.05, 3.63) is 23.8 Å². The molecule has 0 spiro atoms. The lowest BCUT2D eigenvalue weighted by atomic mass is 10.1. The Hall–Kier alpha value is -2.24. The monoisotopic (exact) mass is 252 g/mol. The molecule has 0 saturated carbocycles. The van der Waals surface area contributed by atoms with Crippen LogP contribution in [-0.4, -0.2) is 28.1 Å². The molecule has 1 aromatic rings. The Labute approximate surface area is 104 Å². The van der Waals surface area contributed by atoms with Gasteiger partial charge in [-0.2, -0.15) is 0 Å². The fraction of sp³-hybridized carbons (Fsp3) is 0.333. The standard InChI is InChI=1S/C12H16N2O4/c1-2-4-8(11(13)17)14-12(18)7-5-3-6-9(15)10(7)16/h3,5-6,8,15-16H,2,4H2,1H3,(H2,13,17)(H,14,18)/t8-/m0/s1. The van der Waals surface area contributed by atoms with Gasteiger partial charge in [-0.1, -0.05) is 19.4 Å². The predicted molar refractivity (Wildman–Crippen MR) is 65.1 cm³/mol. The maximum Gasteiger partial charge on any atom is 0.255 e. The van der Waals surface area contributed by atoms with E-state index in [1.54, 1.807) is 0 Å². The zero-order valence-corrected chi connectivity index (χ0v) is 10.0. The summed E-state index contributed by atoms with van der Waals surface area (Å²) in [4.78, 5) is 22.9. The van der Waals surface area contributed by atoms with Crippen molar-refractivity contribution >= 4 is 11.8 Å². The van der Waals surface area contributed by atoms with Crippen LogP contribution >= 0.6 is 0 Å². The van der Waals surface area contributed by atoms with E-state index in [9.17, 15) is 19.8 Å². The van der Waals surface area contributed by atoms with E-state index in [0.717, 1.165) is 0 Å². The minimum atomic E-state index is -0.788. The number of benzene rings is 1. The molecule has 18 heavy (non-hydrogen) atoms. The first-order valence-corrected chi connectivity index (χ1v) is 5.58. The highest BCUT2D eigenvalue weighted by Crippen LogP contribution is 2.28. The molecule has 0 radical (unpaired) electrons. The van der Waals surface area contributed by atoms with Crippen LogP contribution in [0.5, 0.6) is 11.5 Å². The van der Waals surface area contributed by atoms with Gasteiger partial charge in [0.2, 0.25) is 5.91 Å². The quantitative estimate of drug-likeness (QED) is 0.571. The number of phenolic OH excluding ortho intramolecular Hbond substituents is 2. The number of nitrogens with one attached hydrogen (secondary N) is 1. The highest BCUT2D eigenvalue weighted by molar-refractivity contribution is 5.99. The molecule has 5 N–H and O–H groups in total. The largest absolute Gasteiger partial charge is 0.504 e. The molecule has 0 aromatic heterocycles. The van der Waals surface area contributed by atoms with Gasteiger partial charge in [-0.3, -0.25) is 9.59 Å². The van der Waals surface area contributed by atoms with Crippen molar-refractivity contribution in [3.8, 4) is 11.5 Å². The van der Waals surface area contributed by atoms with Crippen molar-refractivity contribution in [2.45, 2.75) is 25.8 Å². The number of para-hydroxylation sites is 1. The molecule has 1 rings (SSSR count). The highest BCUT2D eigenvalue weighted by Gasteiger charge is 2.20. The number of carbonyl (C=O) groups excluding carboxylic acids is 2. The van der Waals surface area contributed by atoms with Gasteiger partial charge < -0.3 is 21.3 Å². The van der Waals surface area contributed by atoms with Gasteiger partial charge >= 0.3 is 0 Å². The second kappa shape index (κ2) is 5.90. The first-order valence-electron chi connectivity index (χ1n) is 5.58. The van der Waals surface area contributed by atoms with Gasteiger partial charge in [0, 0.05) is 0 Å². The van der Waals surface area contributed by atoms with Crippen molar-refractivity contribution in [1.29, 1.82) is 0 Å². The van der Waals surface area contributed by atoms with Crippen LogP contribution < -0.4 is 11.1 Å². The third-order valence-corrected chi connectivity index (χ3v) is 2.49. The number of nitrogens with two attached hydrogens (primary N) is 1. The van der Waals surface area contributed by atoms with Gasteiger partial charge in [0.1, 0.15) is 6.04 Å². The maximum atomic E-state index is 11.8. The Kier molecular flexibility index (Phi) is 4.53. The van der Waals surface area contributed by atoms with Crippen molar-refractivity contribution in [1.82, 2.24) is 5.32 Å². The van der Waals surface area contributed by atoms with Crippen LogP contribution in [0.2, 0.25) is 0 Å². The van der Waals surface area contributed by atoms with E-state index in [2.05, 4.69) is 5.32 Å². The zero-order valence-electron chi connectivity index (χ0n) is 10.0. The summed E-state index contributed by atoms with van der Waals surface area (Å²) in [5.41, 5.74) is 5.05. The minimum Gasteiger partial charge on any atom is -0.504 e. The number of amides is 2.